The number of ether oxygens (including phenoxy) is 1. The zero-order valence-corrected chi connectivity index (χ0v) is 11.5. The van der Waals surface area contributed by atoms with E-state index in [2.05, 4.69) is 15.3 Å². The lowest BCUT2D eigenvalue weighted by Gasteiger charge is -2.12. The Bertz CT molecular complexity index is 612. The van der Waals surface area contributed by atoms with Gasteiger partial charge in [-0.3, -0.25) is 0 Å². The second-order valence-electron chi connectivity index (χ2n) is 4.31. The summed E-state index contributed by atoms with van der Waals surface area (Å²) in [5.41, 5.74) is -0.0261. The number of hydrogen-bond acceptors (Lipinski definition) is 4. The van der Waals surface area contributed by atoms with Crippen LogP contribution < -0.4 is 10.1 Å². The van der Waals surface area contributed by atoms with E-state index in [-0.39, 0.29) is 5.75 Å². The van der Waals surface area contributed by atoms with E-state index < -0.39 is 11.7 Å². The summed E-state index contributed by atoms with van der Waals surface area (Å²) in [6, 6.07) is 4.46. The number of benzene rings is 1. The Labute approximate surface area is 120 Å². The predicted molar refractivity (Wildman–Crippen MR) is 72.5 cm³/mol. The van der Waals surface area contributed by atoms with Crippen LogP contribution in [0.5, 0.6) is 11.6 Å². The van der Waals surface area contributed by atoms with Gasteiger partial charge < -0.3 is 10.1 Å². The summed E-state index contributed by atoms with van der Waals surface area (Å²) in [6.07, 6.45) is -3.02. The van der Waals surface area contributed by atoms with Gasteiger partial charge in [-0.05, 0) is 38.1 Å². The highest BCUT2D eigenvalue weighted by atomic mass is 19.4. The first-order valence-electron chi connectivity index (χ1n) is 6.32. The molecule has 0 saturated heterocycles. The Morgan fingerprint density at radius 3 is 2.38 bits per heavy atom. The standard InChI is InChI=1S/C14H14F3N3O/c1-3-18-12-9(2)13(20-8-19-12)21-11-6-4-10(5-7-11)14(15,16)17/h4-8H,3H2,1-2H3,(H,18,19,20). The number of anilines is 1. The van der Waals surface area contributed by atoms with Gasteiger partial charge in [0.15, 0.2) is 0 Å². The number of nitrogens with zero attached hydrogens (tertiary/aromatic N) is 2. The van der Waals surface area contributed by atoms with Crippen LogP contribution in [0.4, 0.5) is 19.0 Å². The first kappa shape index (κ1) is 15.1. The van der Waals surface area contributed by atoms with Gasteiger partial charge in [0.1, 0.15) is 17.9 Å². The molecule has 0 unspecified atom stereocenters. The van der Waals surface area contributed by atoms with Crippen molar-refractivity contribution in [3.8, 4) is 11.6 Å². The molecule has 1 heterocycles. The molecule has 7 heteroatoms. The van der Waals surface area contributed by atoms with Crippen molar-refractivity contribution in [3.05, 3.63) is 41.7 Å². The molecular weight excluding hydrogens is 283 g/mol. The maximum atomic E-state index is 12.5. The maximum Gasteiger partial charge on any atom is 0.416 e. The monoisotopic (exact) mass is 297 g/mol. The molecule has 0 aliphatic rings. The molecule has 0 bridgehead atoms. The van der Waals surface area contributed by atoms with E-state index in [1.807, 2.05) is 6.92 Å². The Kier molecular flexibility index (Phi) is 4.30. The van der Waals surface area contributed by atoms with E-state index in [0.29, 0.717) is 23.8 Å². The van der Waals surface area contributed by atoms with E-state index in [1.165, 1.54) is 18.5 Å². The molecule has 0 atom stereocenters. The van der Waals surface area contributed by atoms with Crippen molar-refractivity contribution < 1.29 is 17.9 Å². The minimum Gasteiger partial charge on any atom is -0.439 e. The summed E-state index contributed by atoms with van der Waals surface area (Å²) in [5.74, 6) is 1.22. The Balaban J connectivity index is 2.20. The van der Waals surface area contributed by atoms with Crippen molar-refractivity contribution in [2.45, 2.75) is 20.0 Å². The third-order valence-corrected chi connectivity index (χ3v) is 2.78. The van der Waals surface area contributed by atoms with Crippen molar-refractivity contribution in [1.82, 2.24) is 9.97 Å². The molecular formula is C14H14F3N3O. The molecule has 2 rings (SSSR count). The summed E-state index contributed by atoms with van der Waals surface area (Å²) < 4.78 is 42.9. The van der Waals surface area contributed by atoms with Crippen LogP contribution in [0.3, 0.4) is 0 Å². The summed E-state index contributed by atoms with van der Waals surface area (Å²) in [6.45, 7) is 4.40. The number of rotatable bonds is 4. The summed E-state index contributed by atoms with van der Waals surface area (Å²) in [7, 11) is 0. The van der Waals surface area contributed by atoms with Gasteiger partial charge >= 0.3 is 6.18 Å². The summed E-state index contributed by atoms with van der Waals surface area (Å²) in [4.78, 5) is 8.06. The molecule has 0 aliphatic carbocycles. The van der Waals surface area contributed by atoms with E-state index in [0.717, 1.165) is 12.1 Å². The fourth-order valence-electron chi connectivity index (χ4n) is 1.71. The van der Waals surface area contributed by atoms with Gasteiger partial charge in [-0.15, -0.1) is 0 Å². The highest BCUT2D eigenvalue weighted by Crippen LogP contribution is 2.32. The van der Waals surface area contributed by atoms with Crippen molar-refractivity contribution >= 4 is 5.82 Å². The topological polar surface area (TPSA) is 47.0 Å². The van der Waals surface area contributed by atoms with Gasteiger partial charge in [0, 0.05) is 6.54 Å². The molecule has 1 aromatic carbocycles. The molecule has 112 valence electrons. The normalized spacial score (nSPS) is 11.3. The fourth-order valence-corrected chi connectivity index (χ4v) is 1.71. The van der Waals surface area contributed by atoms with E-state index in [9.17, 15) is 13.2 Å². The molecule has 1 N–H and O–H groups in total. The van der Waals surface area contributed by atoms with Gasteiger partial charge in [0.25, 0.3) is 0 Å². The van der Waals surface area contributed by atoms with Crippen LogP contribution >= 0.6 is 0 Å². The second kappa shape index (κ2) is 5.99. The van der Waals surface area contributed by atoms with E-state index in [1.54, 1.807) is 6.92 Å². The maximum absolute atomic E-state index is 12.5. The molecule has 2 aromatic rings. The van der Waals surface area contributed by atoms with Crippen LogP contribution in [0.1, 0.15) is 18.1 Å². The van der Waals surface area contributed by atoms with Crippen molar-refractivity contribution in [2.24, 2.45) is 0 Å². The lowest BCUT2D eigenvalue weighted by atomic mass is 10.2. The SMILES string of the molecule is CCNc1ncnc(Oc2ccc(C(F)(F)F)cc2)c1C. The quantitative estimate of drug-likeness (QED) is 0.925. The minimum atomic E-state index is -4.36. The average molecular weight is 297 g/mol. The van der Waals surface area contributed by atoms with Crippen molar-refractivity contribution in [2.75, 3.05) is 11.9 Å². The van der Waals surface area contributed by atoms with E-state index >= 15 is 0 Å². The van der Waals surface area contributed by atoms with Crippen LogP contribution in [0.2, 0.25) is 0 Å². The number of aromatic nitrogens is 2. The van der Waals surface area contributed by atoms with E-state index in [4.69, 9.17) is 4.74 Å². The van der Waals surface area contributed by atoms with Crippen LogP contribution in [0.15, 0.2) is 30.6 Å². The second-order valence-corrected chi connectivity index (χ2v) is 4.31. The summed E-state index contributed by atoms with van der Waals surface area (Å²) >= 11 is 0. The lowest BCUT2D eigenvalue weighted by Crippen LogP contribution is -2.05. The number of hydrogen-bond donors (Lipinski definition) is 1. The zero-order chi connectivity index (χ0) is 15.5. The molecule has 1 aromatic heterocycles. The zero-order valence-electron chi connectivity index (χ0n) is 11.5. The Morgan fingerprint density at radius 2 is 1.81 bits per heavy atom. The molecule has 0 radical (unpaired) electrons. The molecule has 0 saturated carbocycles. The van der Waals surface area contributed by atoms with Gasteiger partial charge in [-0.1, -0.05) is 0 Å². The number of nitrogens with one attached hydrogen (secondary N) is 1. The predicted octanol–water partition coefficient (Wildman–Crippen LogP) is 4.03. The highest BCUT2D eigenvalue weighted by molar-refractivity contribution is 5.48. The van der Waals surface area contributed by atoms with Gasteiger partial charge in [0.2, 0.25) is 5.88 Å². The minimum absolute atomic E-state index is 0.284. The molecule has 0 spiro atoms. The molecule has 21 heavy (non-hydrogen) atoms. The molecule has 0 amide bonds. The van der Waals surface area contributed by atoms with Crippen LogP contribution in [0, 0.1) is 6.92 Å². The third kappa shape index (κ3) is 3.62. The van der Waals surface area contributed by atoms with Crippen molar-refractivity contribution in [3.63, 3.8) is 0 Å². The van der Waals surface area contributed by atoms with Crippen LogP contribution in [0.25, 0.3) is 0 Å². The van der Waals surface area contributed by atoms with Gasteiger partial charge in [-0.25, -0.2) is 9.97 Å². The average Bonchev–Trinajstić information content (AvgIpc) is 2.43. The Hall–Kier alpha value is -2.31. The Morgan fingerprint density at radius 1 is 1.14 bits per heavy atom. The van der Waals surface area contributed by atoms with Gasteiger partial charge in [0.05, 0.1) is 11.1 Å². The largest absolute Gasteiger partial charge is 0.439 e. The van der Waals surface area contributed by atoms with Gasteiger partial charge in [-0.2, -0.15) is 13.2 Å². The first-order valence-corrected chi connectivity index (χ1v) is 6.32. The third-order valence-electron chi connectivity index (χ3n) is 2.78. The first-order chi connectivity index (χ1) is 9.91. The van der Waals surface area contributed by atoms with Crippen LogP contribution in [-0.2, 0) is 6.18 Å². The molecule has 4 nitrogen and oxygen atoms in total. The fraction of sp³-hybridized carbons (Fsp3) is 0.286. The number of halogens is 3. The molecule has 0 fully saturated rings. The summed E-state index contributed by atoms with van der Waals surface area (Å²) in [5, 5.41) is 3.05. The number of alkyl halides is 3. The van der Waals surface area contributed by atoms with Crippen molar-refractivity contribution in [1.29, 1.82) is 0 Å². The molecule has 0 aliphatic heterocycles. The smallest absolute Gasteiger partial charge is 0.416 e. The lowest BCUT2D eigenvalue weighted by molar-refractivity contribution is -0.137. The highest BCUT2D eigenvalue weighted by Gasteiger charge is 2.30. The van der Waals surface area contributed by atoms with Crippen LogP contribution in [-0.4, -0.2) is 16.5 Å².